The van der Waals surface area contributed by atoms with E-state index in [0.717, 1.165) is 18.7 Å². The molecule has 2 nitrogen and oxygen atoms in total. The summed E-state index contributed by atoms with van der Waals surface area (Å²) in [5.74, 6) is 1.02. The SMILES string of the molecule is CCNC(Cc1ccco1)c1ccc(SC)cc1. The zero-order chi connectivity index (χ0) is 12.8. The molecular formula is C15H19NOS. The summed E-state index contributed by atoms with van der Waals surface area (Å²) >= 11 is 1.77. The number of furan rings is 1. The van der Waals surface area contributed by atoms with E-state index in [4.69, 9.17) is 4.42 Å². The Labute approximate surface area is 113 Å². The van der Waals surface area contributed by atoms with Gasteiger partial charge in [0.2, 0.25) is 0 Å². The van der Waals surface area contributed by atoms with Gasteiger partial charge in [-0.15, -0.1) is 11.8 Å². The molecule has 0 amide bonds. The molecule has 3 heteroatoms. The van der Waals surface area contributed by atoms with Gasteiger partial charge in [0.25, 0.3) is 0 Å². The summed E-state index contributed by atoms with van der Waals surface area (Å²) in [5.41, 5.74) is 1.31. The Morgan fingerprint density at radius 2 is 2.00 bits per heavy atom. The van der Waals surface area contributed by atoms with Crippen LogP contribution in [0.2, 0.25) is 0 Å². The number of nitrogens with one attached hydrogen (secondary N) is 1. The molecule has 0 aliphatic carbocycles. The highest BCUT2D eigenvalue weighted by Crippen LogP contribution is 2.22. The van der Waals surface area contributed by atoms with Gasteiger partial charge < -0.3 is 9.73 Å². The second kappa shape index (κ2) is 6.66. The molecule has 96 valence electrons. The van der Waals surface area contributed by atoms with Gasteiger partial charge in [-0.05, 0) is 42.6 Å². The van der Waals surface area contributed by atoms with Gasteiger partial charge in [-0.1, -0.05) is 19.1 Å². The van der Waals surface area contributed by atoms with Crippen LogP contribution >= 0.6 is 11.8 Å². The average Bonchev–Trinajstić information content (AvgIpc) is 2.91. The van der Waals surface area contributed by atoms with Gasteiger partial charge in [0, 0.05) is 17.4 Å². The van der Waals surface area contributed by atoms with E-state index in [1.807, 2.05) is 12.1 Å². The maximum Gasteiger partial charge on any atom is 0.105 e. The number of benzene rings is 1. The number of hydrogen-bond acceptors (Lipinski definition) is 3. The van der Waals surface area contributed by atoms with E-state index in [9.17, 15) is 0 Å². The fourth-order valence-electron chi connectivity index (χ4n) is 2.02. The van der Waals surface area contributed by atoms with Crippen LogP contribution in [0.5, 0.6) is 0 Å². The van der Waals surface area contributed by atoms with Gasteiger partial charge in [0.1, 0.15) is 5.76 Å². The summed E-state index contributed by atoms with van der Waals surface area (Å²) in [5, 5.41) is 3.51. The summed E-state index contributed by atoms with van der Waals surface area (Å²) in [6.45, 7) is 3.08. The van der Waals surface area contributed by atoms with Crippen LogP contribution in [-0.4, -0.2) is 12.8 Å². The van der Waals surface area contributed by atoms with Crippen LogP contribution in [0.4, 0.5) is 0 Å². The summed E-state index contributed by atoms with van der Waals surface area (Å²) in [6, 6.07) is 13.0. The van der Waals surface area contributed by atoms with Crippen molar-refractivity contribution in [2.24, 2.45) is 0 Å². The minimum atomic E-state index is 0.317. The molecule has 0 fully saturated rings. The van der Waals surface area contributed by atoms with E-state index in [0.29, 0.717) is 6.04 Å². The minimum Gasteiger partial charge on any atom is -0.469 e. The third-order valence-electron chi connectivity index (χ3n) is 2.95. The third kappa shape index (κ3) is 3.40. The van der Waals surface area contributed by atoms with Crippen molar-refractivity contribution in [1.29, 1.82) is 0 Å². The second-order valence-electron chi connectivity index (χ2n) is 4.17. The van der Waals surface area contributed by atoms with Gasteiger partial charge in [-0.3, -0.25) is 0 Å². The van der Waals surface area contributed by atoms with Crippen molar-refractivity contribution in [3.63, 3.8) is 0 Å². The molecule has 1 unspecified atom stereocenters. The average molecular weight is 261 g/mol. The number of rotatable bonds is 6. The molecule has 0 radical (unpaired) electrons. The summed E-state index contributed by atoms with van der Waals surface area (Å²) in [6.07, 6.45) is 4.72. The maximum atomic E-state index is 5.43. The van der Waals surface area contributed by atoms with Gasteiger partial charge in [-0.2, -0.15) is 0 Å². The van der Waals surface area contributed by atoms with Crippen molar-refractivity contribution >= 4 is 11.8 Å². The van der Waals surface area contributed by atoms with Crippen molar-refractivity contribution in [3.8, 4) is 0 Å². The number of thioether (sulfide) groups is 1. The van der Waals surface area contributed by atoms with Crippen molar-refractivity contribution in [3.05, 3.63) is 54.0 Å². The highest BCUT2D eigenvalue weighted by atomic mass is 32.2. The molecule has 0 aliphatic rings. The second-order valence-corrected chi connectivity index (χ2v) is 5.05. The lowest BCUT2D eigenvalue weighted by molar-refractivity contribution is 0.455. The van der Waals surface area contributed by atoms with Crippen molar-refractivity contribution in [1.82, 2.24) is 5.32 Å². The van der Waals surface area contributed by atoms with Gasteiger partial charge >= 0.3 is 0 Å². The summed E-state index contributed by atoms with van der Waals surface area (Å²) in [7, 11) is 0. The smallest absolute Gasteiger partial charge is 0.105 e. The molecule has 1 aromatic carbocycles. The zero-order valence-electron chi connectivity index (χ0n) is 10.8. The van der Waals surface area contributed by atoms with Crippen LogP contribution in [0, 0.1) is 0 Å². The first-order chi connectivity index (χ1) is 8.83. The molecule has 1 aromatic heterocycles. The van der Waals surface area contributed by atoms with Crippen molar-refractivity contribution in [2.45, 2.75) is 24.3 Å². The highest BCUT2D eigenvalue weighted by molar-refractivity contribution is 7.98. The molecule has 0 saturated carbocycles. The van der Waals surface area contributed by atoms with Crippen LogP contribution < -0.4 is 5.32 Å². The highest BCUT2D eigenvalue weighted by Gasteiger charge is 2.12. The fraction of sp³-hybridized carbons (Fsp3) is 0.333. The molecule has 0 spiro atoms. The summed E-state index contributed by atoms with van der Waals surface area (Å²) < 4.78 is 5.43. The van der Waals surface area contributed by atoms with Crippen LogP contribution in [0.15, 0.2) is 52.0 Å². The van der Waals surface area contributed by atoms with Crippen molar-refractivity contribution < 1.29 is 4.42 Å². The van der Waals surface area contributed by atoms with Crippen LogP contribution in [0.25, 0.3) is 0 Å². The van der Waals surface area contributed by atoms with Gasteiger partial charge in [-0.25, -0.2) is 0 Å². The van der Waals surface area contributed by atoms with Crippen LogP contribution in [-0.2, 0) is 6.42 Å². The Kier molecular flexibility index (Phi) is 4.90. The van der Waals surface area contributed by atoms with Crippen LogP contribution in [0.3, 0.4) is 0 Å². The van der Waals surface area contributed by atoms with Crippen LogP contribution in [0.1, 0.15) is 24.3 Å². The third-order valence-corrected chi connectivity index (χ3v) is 3.70. The Bertz CT molecular complexity index is 450. The van der Waals surface area contributed by atoms with Crippen molar-refractivity contribution in [2.75, 3.05) is 12.8 Å². The Hall–Kier alpha value is -1.19. The molecular weight excluding hydrogens is 242 g/mol. The van der Waals surface area contributed by atoms with Gasteiger partial charge in [0.15, 0.2) is 0 Å². The quantitative estimate of drug-likeness (QED) is 0.798. The number of hydrogen-bond donors (Lipinski definition) is 1. The molecule has 0 saturated heterocycles. The monoisotopic (exact) mass is 261 g/mol. The van der Waals surface area contributed by atoms with E-state index >= 15 is 0 Å². The molecule has 2 aromatic rings. The lowest BCUT2D eigenvalue weighted by Gasteiger charge is -2.17. The first-order valence-electron chi connectivity index (χ1n) is 6.23. The molecule has 1 heterocycles. The molecule has 18 heavy (non-hydrogen) atoms. The summed E-state index contributed by atoms with van der Waals surface area (Å²) in [4.78, 5) is 1.30. The lowest BCUT2D eigenvalue weighted by Crippen LogP contribution is -2.22. The molecule has 0 bridgehead atoms. The molecule has 2 rings (SSSR count). The first kappa shape index (κ1) is 13.2. The fourth-order valence-corrected chi connectivity index (χ4v) is 2.43. The molecule has 1 atom stereocenters. The first-order valence-corrected chi connectivity index (χ1v) is 7.45. The van der Waals surface area contributed by atoms with E-state index < -0.39 is 0 Å². The number of likely N-dealkylation sites (N-methyl/N-ethyl adjacent to an activating group) is 1. The molecule has 0 aliphatic heterocycles. The predicted molar refractivity (Wildman–Crippen MR) is 77.1 cm³/mol. The lowest BCUT2D eigenvalue weighted by atomic mass is 10.0. The van der Waals surface area contributed by atoms with E-state index in [1.54, 1.807) is 18.0 Å². The van der Waals surface area contributed by atoms with E-state index in [1.165, 1.54) is 10.5 Å². The standard InChI is InChI=1S/C15H19NOS/c1-3-16-15(11-13-5-4-10-17-13)12-6-8-14(18-2)9-7-12/h4-10,15-16H,3,11H2,1-2H3. The topological polar surface area (TPSA) is 25.2 Å². The predicted octanol–water partition coefficient (Wildman–Crippen LogP) is 3.89. The van der Waals surface area contributed by atoms with Gasteiger partial charge in [0.05, 0.1) is 6.26 Å². The minimum absolute atomic E-state index is 0.317. The zero-order valence-corrected chi connectivity index (χ0v) is 11.7. The van der Waals surface area contributed by atoms with E-state index in [-0.39, 0.29) is 0 Å². The maximum absolute atomic E-state index is 5.43. The Morgan fingerprint density at radius 3 is 2.56 bits per heavy atom. The molecule has 1 N–H and O–H groups in total. The Balaban J connectivity index is 2.12. The largest absolute Gasteiger partial charge is 0.469 e. The normalized spacial score (nSPS) is 12.6. The van der Waals surface area contributed by atoms with E-state index in [2.05, 4.69) is 42.8 Å². The Morgan fingerprint density at radius 1 is 1.22 bits per heavy atom.